The summed E-state index contributed by atoms with van der Waals surface area (Å²) in [6.07, 6.45) is 2.15. The quantitative estimate of drug-likeness (QED) is 0.0225. The Morgan fingerprint density at radius 3 is 1.63 bits per heavy atom. The largest absolute Gasteiger partial charge is 0.508 e. The van der Waals surface area contributed by atoms with Crippen LogP contribution in [-0.2, 0) is 51.2 Å². The van der Waals surface area contributed by atoms with E-state index >= 15 is 0 Å². The van der Waals surface area contributed by atoms with Gasteiger partial charge in [0, 0.05) is 33.6 Å². The van der Waals surface area contributed by atoms with E-state index in [2.05, 4.69) is 37.2 Å². The Morgan fingerprint density at radius 2 is 1.08 bits per heavy atom. The highest BCUT2D eigenvalue weighted by Crippen LogP contribution is 2.17. The van der Waals surface area contributed by atoms with Crippen molar-refractivity contribution in [1.29, 1.82) is 10.8 Å². The maximum absolute atomic E-state index is 14.5. The number of primary amides is 1. The molecule has 0 aliphatic heterocycles. The van der Waals surface area contributed by atoms with Crippen molar-refractivity contribution in [3.05, 3.63) is 65.7 Å². The first-order chi connectivity index (χ1) is 34.4. The first-order valence-electron chi connectivity index (χ1n) is 24.5. The number of guanidine groups is 2. The third-order valence-electron chi connectivity index (χ3n) is 11.9. The number of hydrogen-bond donors (Lipinski definition) is 14. The van der Waals surface area contributed by atoms with Gasteiger partial charge in [-0.25, -0.2) is 0 Å². The molecule has 24 heteroatoms. The molecule has 0 heterocycles. The first-order valence-corrected chi connectivity index (χ1v) is 24.5. The van der Waals surface area contributed by atoms with E-state index in [1.807, 2.05) is 26.8 Å². The molecule has 0 unspecified atom stereocenters. The number of aromatic hydroxyl groups is 1. The van der Waals surface area contributed by atoms with Crippen molar-refractivity contribution in [3.8, 4) is 5.75 Å². The van der Waals surface area contributed by atoms with E-state index in [1.165, 1.54) is 38.1 Å². The van der Waals surface area contributed by atoms with Gasteiger partial charge in [0.2, 0.25) is 47.3 Å². The fourth-order valence-electron chi connectivity index (χ4n) is 7.60. The lowest BCUT2D eigenvalue weighted by Gasteiger charge is -2.34. The zero-order chi connectivity index (χ0) is 54.8. The molecule has 18 N–H and O–H groups in total. The first kappa shape index (κ1) is 61.6. The van der Waals surface area contributed by atoms with Gasteiger partial charge in [-0.15, -0.1) is 0 Å². The predicted octanol–water partition coefficient (Wildman–Crippen LogP) is -1.52. The summed E-state index contributed by atoms with van der Waals surface area (Å²) in [6, 6.07) is 7.03. The van der Waals surface area contributed by atoms with Gasteiger partial charge in [-0.05, 0) is 81.0 Å². The number of amides is 8. The van der Waals surface area contributed by atoms with Gasteiger partial charge in [-0.3, -0.25) is 49.2 Å². The molecule has 404 valence electrons. The van der Waals surface area contributed by atoms with Gasteiger partial charge >= 0.3 is 0 Å². The summed E-state index contributed by atoms with van der Waals surface area (Å²) in [5.41, 5.74) is 23.8. The second-order valence-corrected chi connectivity index (χ2v) is 18.4. The molecular weight excluding hydrogens is 943 g/mol. The smallest absolute Gasteiger partial charge is 0.245 e. The number of phenolic OH excluding ortho intramolecular Hbond substituents is 1. The summed E-state index contributed by atoms with van der Waals surface area (Å²) in [5, 5.41) is 43.2. The summed E-state index contributed by atoms with van der Waals surface area (Å²) >= 11 is 0. The molecule has 2 rings (SSSR count). The van der Waals surface area contributed by atoms with Crippen molar-refractivity contribution in [2.24, 2.45) is 28.9 Å². The summed E-state index contributed by atoms with van der Waals surface area (Å²) < 4.78 is 0. The molecule has 0 saturated carbocycles. The Bertz CT molecular complexity index is 2160. The number of likely N-dealkylation sites (N-methyl/N-ethyl adjacent to an activating group) is 2. The van der Waals surface area contributed by atoms with Crippen molar-refractivity contribution in [1.82, 2.24) is 47.0 Å². The number of phenols is 1. The van der Waals surface area contributed by atoms with Crippen LogP contribution in [0.15, 0.2) is 54.6 Å². The zero-order valence-corrected chi connectivity index (χ0v) is 42.9. The van der Waals surface area contributed by atoms with Gasteiger partial charge in [0.25, 0.3) is 0 Å². The van der Waals surface area contributed by atoms with Gasteiger partial charge in [0.15, 0.2) is 11.9 Å². The molecule has 7 atom stereocenters. The normalized spacial score (nSPS) is 13.8. The van der Waals surface area contributed by atoms with E-state index in [0.29, 0.717) is 18.4 Å². The van der Waals surface area contributed by atoms with Crippen LogP contribution in [-0.4, -0.2) is 150 Å². The van der Waals surface area contributed by atoms with Crippen LogP contribution in [0.2, 0.25) is 0 Å². The summed E-state index contributed by atoms with van der Waals surface area (Å²) in [7, 11) is 2.80. The van der Waals surface area contributed by atoms with E-state index < -0.39 is 96.1 Å². The molecule has 2 aromatic rings. The molecule has 0 fully saturated rings. The van der Waals surface area contributed by atoms with E-state index in [-0.39, 0.29) is 88.0 Å². The molecule has 0 saturated heterocycles. The number of nitrogens with two attached hydrogens (primary N) is 4. The van der Waals surface area contributed by atoms with Crippen molar-refractivity contribution in [2.45, 2.75) is 134 Å². The molecule has 73 heavy (non-hydrogen) atoms. The third-order valence-corrected chi connectivity index (χ3v) is 11.9. The number of nitrogens with one attached hydrogen (secondary N) is 9. The van der Waals surface area contributed by atoms with Crippen LogP contribution in [0.1, 0.15) is 90.2 Å². The number of carbonyl (C=O) groups is 8. The molecule has 0 bridgehead atoms. The Hall–Kier alpha value is -7.50. The van der Waals surface area contributed by atoms with Gasteiger partial charge in [0.05, 0.1) is 12.6 Å². The van der Waals surface area contributed by atoms with Gasteiger partial charge in [0.1, 0.15) is 42.0 Å². The maximum Gasteiger partial charge on any atom is 0.245 e. The fraction of sp³-hybridized carbons (Fsp3) is 0.551. The Balaban J connectivity index is 2.41. The topological polar surface area (TPSA) is 399 Å². The van der Waals surface area contributed by atoms with Gasteiger partial charge in [-0.1, -0.05) is 76.1 Å². The summed E-state index contributed by atoms with van der Waals surface area (Å²) in [4.78, 5) is 112. The highest BCUT2D eigenvalue weighted by atomic mass is 16.3. The Labute approximate surface area is 427 Å². The molecule has 2 aromatic carbocycles. The van der Waals surface area contributed by atoms with Crippen molar-refractivity contribution in [2.75, 3.05) is 33.7 Å². The molecule has 0 aliphatic rings. The number of hydrogen-bond acceptors (Lipinski definition) is 12. The van der Waals surface area contributed by atoms with Crippen LogP contribution >= 0.6 is 0 Å². The van der Waals surface area contributed by atoms with Crippen LogP contribution in [0.3, 0.4) is 0 Å². The Morgan fingerprint density at radius 1 is 0.589 bits per heavy atom. The SMILES string of the molecule is CCCC[C@H](NC(=O)[C@H](CC(C)C)N(C)C(=O)[C@H](Cc1ccccc1)NC(=O)[C@@H](N)Cc1ccc(O)cc1)C(=O)N[C@@H](CCCNC(=N)N)C(=O)N(C)[C@@H](C)C(=O)N[C@@H](CCCNC(=N)N)C(=O)NCC(N)=O. The average Bonchev–Trinajstić information content (AvgIpc) is 3.34. The minimum atomic E-state index is -1.27. The number of unbranched alkanes of at least 4 members (excludes halogenated alkanes) is 1. The lowest BCUT2D eigenvalue weighted by molar-refractivity contribution is -0.144. The minimum absolute atomic E-state index is 0.000390. The summed E-state index contributed by atoms with van der Waals surface area (Å²) in [6.45, 7) is 6.90. The van der Waals surface area contributed by atoms with E-state index in [4.69, 9.17) is 33.8 Å². The standard InChI is InChI=1S/C49H79N15O9/c1-7-8-16-36(44(70)61-37(18-13-24-57-49(54)55)46(72)63(5)30(4)41(67)59-35(17-12-23-56-48(52)53)43(69)58-28-40(51)66)60-45(71)39(25-29(2)3)64(6)47(73)38(27-31-14-10-9-11-15-31)62-42(68)34(50)26-32-19-21-33(65)22-20-32/h9-11,14-15,19-22,29-30,34-39,65H,7-8,12-13,16-18,23-28,50H2,1-6H3,(H2,51,66)(H,58,69)(H,59,67)(H,60,71)(H,61,70)(H,62,68)(H4,52,53,56)(H4,54,55,57)/t30-,34-,35-,36-,37-,38-,39-/m0/s1. The fourth-order valence-corrected chi connectivity index (χ4v) is 7.60. The second-order valence-electron chi connectivity index (χ2n) is 18.4. The number of carbonyl (C=O) groups excluding carboxylic acids is 8. The summed E-state index contributed by atoms with van der Waals surface area (Å²) in [5.74, 6) is -6.22. The molecule has 8 amide bonds. The van der Waals surface area contributed by atoms with Crippen molar-refractivity contribution < 1.29 is 43.5 Å². The van der Waals surface area contributed by atoms with Gasteiger partial charge < -0.3 is 75.1 Å². The molecular formula is C49H79N15O9. The van der Waals surface area contributed by atoms with Crippen LogP contribution in [0, 0.1) is 16.7 Å². The monoisotopic (exact) mass is 1020 g/mol. The minimum Gasteiger partial charge on any atom is -0.508 e. The average molecular weight is 1020 g/mol. The molecule has 0 aromatic heterocycles. The van der Waals surface area contributed by atoms with Crippen molar-refractivity contribution in [3.63, 3.8) is 0 Å². The molecule has 0 aliphatic carbocycles. The lowest BCUT2D eigenvalue weighted by atomic mass is 9.98. The van der Waals surface area contributed by atoms with Crippen LogP contribution < -0.4 is 60.2 Å². The highest BCUT2D eigenvalue weighted by molar-refractivity contribution is 5.97. The Kier molecular flexibility index (Phi) is 26.8. The molecule has 24 nitrogen and oxygen atoms in total. The zero-order valence-electron chi connectivity index (χ0n) is 42.9. The van der Waals surface area contributed by atoms with Crippen LogP contribution in [0.5, 0.6) is 5.75 Å². The second kappa shape index (κ2) is 31.8. The number of benzene rings is 2. The predicted molar refractivity (Wildman–Crippen MR) is 276 cm³/mol. The van der Waals surface area contributed by atoms with E-state index in [9.17, 15) is 43.5 Å². The van der Waals surface area contributed by atoms with E-state index in [1.54, 1.807) is 36.4 Å². The number of nitrogens with zero attached hydrogens (tertiary/aromatic N) is 2. The molecule has 0 spiro atoms. The van der Waals surface area contributed by atoms with Crippen LogP contribution in [0.4, 0.5) is 0 Å². The van der Waals surface area contributed by atoms with E-state index in [0.717, 1.165) is 10.5 Å². The number of rotatable bonds is 32. The maximum atomic E-state index is 14.5. The van der Waals surface area contributed by atoms with Crippen LogP contribution in [0.25, 0.3) is 0 Å². The van der Waals surface area contributed by atoms with Crippen molar-refractivity contribution >= 4 is 59.2 Å². The molecule has 0 radical (unpaired) electrons. The van der Waals surface area contributed by atoms with Gasteiger partial charge in [-0.2, -0.15) is 0 Å². The lowest BCUT2D eigenvalue weighted by Crippen LogP contribution is -2.60. The highest BCUT2D eigenvalue weighted by Gasteiger charge is 2.37. The third kappa shape index (κ3) is 22.6.